The second-order valence-electron chi connectivity index (χ2n) is 5.96. The summed E-state index contributed by atoms with van der Waals surface area (Å²) in [5.41, 5.74) is 0.0579. The van der Waals surface area contributed by atoms with Crippen LogP contribution in [-0.4, -0.2) is 59.5 Å². The Bertz CT molecular complexity index is 366. The maximum absolute atomic E-state index is 12.3. The molecule has 1 N–H and O–H groups in total. The molecule has 0 spiro atoms. The molecule has 2 amide bonds. The van der Waals surface area contributed by atoms with Crippen LogP contribution in [0, 0.1) is 5.41 Å². The second kappa shape index (κ2) is 6.19. The van der Waals surface area contributed by atoms with E-state index in [1.54, 1.807) is 11.9 Å². The predicted molar refractivity (Wildman–Crippen MR) is 73.4 cm³/mol. The van der Waals surface area contributed by atoms with Gasteiger partial charge in [-0.2, -0.15) is 0 Å². The van der Waals surface area contributed by atoms with E-state index in [2.05, 4.69) is 20.4 Å². The van der Waals surface area contributed by atoms with Gasteiger partial charge in [-0.05, 0) is 24.3 Å². The van der Waals surface area contributed by atoms with Crippen LogP contribution in [0.4, 0.5) is 0 Å². The fourth-order valence-electron chi connectivity index (χ4n) is 2.39. The molecule has 1 atom stereocenters. The molecule has 1 aliphatic rings. The van der Waals surface area contributed by atoms with Crippen LogP contribution < -0.4 is 0 Å². The molecule has 0 aromatic heterocycles. The van der Waals surface area contributed by atoms with Gasteiger partial charge in [-0.25, -0.2) is 0 Å². The van der Waals surface area contributed by atoms with Crippen LogP contribution in [0.1, 0.15) is 26.7 Å². The van der Waals surface area contributed by atoms with Gasteiger partial charge in [0, 0.05) is 13.6 Å². The maximum Gasteiger partial charge on any atom is 0.246 e. The van der Waals surface area contributed by atoms with Crippen LogP contribution in [0.15, 0.2) is 12.7 Å². The van der Waals surface area contributed by atoms with E-state index >= 15 is 0 Å². The van der Waals surface area contributed by atoms with Gasteiger partial charge in [-0.15, -0.1) is 0 Å². The van der Waals surface area contributed by atoms with E-state index in [-0.39, 0.29) is 36.4 Å². The van der Waals surface area contributed by atoms with Gasteiger partial charge in [0.1, 0.15) is 0 Å². The summed E-state index contributed by atoms with van der Waals surface area (Å²) in [5, 5.41) is 9.38. The van der Waals surface area contributed by atoms with E-state index in [0.29, 0.717) is 6.54 Å². The van der Waals surface area contributed by atoms with Crippen molar-refractivity contribution in [3.05, 3.63) is 12.7 Å². The number of likely N-dealkylation sites (tertiary alicyclic amines) is 1. The van der Waals surface area contributed by atoms with E-state index in [0.717, 1.165) is 12.8 Å². The van der Waals surface area contributed by atoms with E-state index < -0.39 is 0 Å². The first-order valence-corrected chi connectivity index (χ1v) is 6.58. The van der Waals surface area contributed by atoms with Crippen LogP contribution >= 0.6 is 0 Å². The third-order valence-electron chi connectivity index (χ3n) is 3.65. The van der Waals surface area contributed by atoms with Gasteiger partial charge in [0.2, 0.25) is 11.8 Å². The van der Waals surface area contributed by atoms with Crippen molar-refractivity contribution in [1.82, 2.24) is 9.80 Å². The number of hydrogen-bond acceptors (Lipinski definition) is 3. The molecule has 5 nitrogen and oxygen atoms in total. The molecule has 108 valence electrons. The molecule has 1 aliphatic heterocycles. The van der Waals surface area contributed by atoms with Crippen LogP contribution in [0.3, 0.4) is 0 Å². The molecule has 5 heteroatoms. The van der Waals surface area contributed by atoms with Crippen molar-refractivity contribution in [2.75, 3.05) is 26.7 Å². The Balaban J connectivity index is 2.71. The Kier molecular flexibility index (Phi) is 5.11. The van der Waals surface area contributed by atoms with Crippen molar-refractivity contribution in [1.29, 1.82) is 0 Å². The number of amides is 2. The van der Waals surface area contributed by atoms with Crippen molar-refractivity contribution >= 4 is 11.8 Å². The van der Waals surface area contributed by atoms with Crippen molar-refractivity contribution in [2.45, 2.75) is 32.7 Å². The van der Waals surface area contributed by atoms with E-state index in [9.17, 15) is 14.7 Å². The Hall–Kier alpha value is -1.36. The van der Waals surface area contributed by atoms with Crippen LogP contribution in [0.5, 0.6) is 0 Å². The molecular weight excluding hydrogens is 244 g/mol. The van der Waals surface area contributed by atoms with Crippen LogP contribution in [-0.2, 0) is 9.59 Å². The third-order valence-corrected chi connectivity index (χ3v) is 3.65. The van der Waals surface area contributed by atoms with Gasteiger partial charge >= 0.3 is 0 Å². The molecule has 1 heterocycles. The lowest BCUT2D eigenvalue weighted by molar-refractivity contribution is -0.143. The summed E-state index contributed by atoms with van der Waals surface area (Å²) in [5.74, 6) is -0.394. The molecular formula is C14H24N2O3. The number of rotatable bonds is 4. The molecule has 0 aliphatic carbocycles. The Morgan fingerprint density at radius 1 is 1.53 bits per heavy atom. The molecule has 1 fully saturated rings. The normalized spacial score (nSPS) is 21.9. The van der Waals surface area contributed by atoms with Gasteiger partial charge in [0.05, 0.1) is 19.2 Å². The van der Waals surface area contributed by atoms with Crippen molar-refractivity contribution in [3.63, 3.8) is 0 Å². The molecule has 0 aromatic rings. The molecule has 0 saturated carbocycles. The van der Waals surface area contributed by atoms with Gasteiger partial charge in [0.15, 0.2) is 0 Å². The summed E-state index contributed by atoms with van der Waals surface area (Å²) in [4.78, 5) is 26.7. The zero-order valence-electron chi connectivity index (χ0n) is 12.1. The zero-order chi connectivity index (χ0) is 14.6. The SMILES string of the molecule is C=CC(=O)N(C)CC(=O)N1CC(C)(C)CCC1CO. The molecule has 0 radical (unpaired) electrons. The summed E-state index contributed by atoms with van der Waals surface area (Å²) in [6.45, 7) is 8.24. The Labute approximate surface area is 114 Å². The molecule has 1 unspecified atom stereocenters. The highest BCUT2D eigenvalue weighted by Crippen LogP contribution is 2.31. The minimum Gasteiger partial charge on any atom is -0.394 e. The van der Waals surface area contributed by atoms with E-state index in [4.69, 9.17) is 0 Å². The standard InChI is InChI=1S/C14H24N2O3/c1-5-12(18)15(4)8-13(19)16-10-14(2,3)7-6-11(16)9-17/h5,11,17H,1,6-10H2,2-4H3. The Morgan fingerprint density at radius 3 is 2.68 bits per heavy atom. The minimum absolute atomic E-state index is 0.0252. The number of aliphatic hydroxyl groups excluding tert-OH is 1. The quantitative estimate of drug-likeness (QED) is 0.761. The molecule has 0 aromatic carbocycles. The summed E-state index contributed by atoms with van der Waals surface area (Å²) in [6.07, 6.45) is 2.98. The van der Waals surface area contributed by atoms with Crippen molar-refractivity contribution < 1.29 is 14.7 Å². The summed E-state index contributed by atoms with van der Waals surface area (Å²) in [6, 6.07) is -0.132. The fraction of sp³-hybridized carbons (Fsp3) is 0.714. The lowest BCUT2D eigenvalue weighted by Crippen LogP contribution is -2.53. The monoisotopic (exact) mass is 268 g/mol. The first-order valence-electron chi connectivity index (χ1n) is 6.58. The van der Waals surface area contributed by atoms with Gasteiger partial charge in [-0.1, -0.05) is 20.4 Å². The maximum atomic E-state index is 12.3. The first kappa shape index (κ1) is 15.7. The summed E-state index contributed by atoms with van der Waals surface area (Å²) >= 11 is 0. The average molecular weight is 268 g/mol. The van der Waals surface area contributed by atoms with Gasteiger partial charge < -0.3 is 14.9 Å². The van der Waals surface area contributed by atoms with Crippen LogP contribution in [0.2, 0.25) is 0 Å². The van der Waals surface area contributed by atoms with E-state index in [1.807, 2.05) is 0 Å². The minimum atomic E-state index is -0.273. The second-order valence-corrected chi connectivity index (χ2v) is 5.96. The number of carbonyl (C=O) groups excluding carboxylic acids is 2. The number of carbonyl (C=O) groups is 2. The molecule has 19 heavy (non-hydrogen) atoms. The summed E-state index contributed by atoms with van der Waals surface area (Å²) in [7, 11) is 1.57. The zero-order valence-corrected chi connectivity index (χ0v) is 12.1. The fourth-order valence-corrected chi connectivity index (χ4v) is 2.39. The number of aliphatic hydroxyl groups is 1. The predicted octanol–water partition coefficient (Wildman–Crippen LogP) is 0.640. The van der Waals surface area contributed by atoms with Crippen molar-refractivity contribution in [2.24, 2.45) is 5.41 Å². The largest absolute Gasteiger partial charge is 0.394 e. The molecule has 0 bridgehead atoms. The third kappa shape index (κ3) is 4.06. The van der Waals surface area contributed by atoms with E-state index in [1.165, 1.54) is 11.0 Å². The lowest BCUT2D eigenvalue weighted by Gasteiger charge is -2.43. The topological polar surface area (TPSA) is 60.9 Å². The van der Waals surface area contributed by atoms with Crippen LogP contribution in [0.25, 0.3) is 0 Å². The van der Waals surface area contributed by atoms with Crippen molar-refractivity contribution in [3.8, 4) is 0 Å². The number of hydrogen-bond donors (Lipinski definition) is 1. The molecule has 1 rings (SSSR count). The molecule has 1 saturated heterocycles. The lowest BCUT2D eigenvalue weighted by atomic mass is 9.81. The highest BCUT2D eigenvalue weighted by atomic mass is 16.3. The summed E-state index contributed by atoms with van der Waals surface area (Å²) < 4.78 is 0. The number of likely N-dealkylation sites (N-methyl/N-ethyl adjacent to an activating group) is 1. The number of nitrogens with zero attached hydrogens (tertiary/aromatic N) is 2. The highest BCUT2D eigenvalue weighted by Gasteiger charge is 2.35. The number of piperidine rings is 1. The highest BCUT2D eigenvalue weighted by molar-refractivity contribution is 5.90. The Morgan fingerprint density at radius 2 is 2.16 bits per heavy atom. The average Bonchev–Trinajstić information content (AvgIpc) is 2.36. The first-order chi connectivity index (χ1) is 8.80. The van der Waals surface area contributed by atoms with Gasteiger partial charge in [-0.3, -0.25) is 9.59 Å². The van der Waals surface area contributed by atoms with Gasteiger partial charge in [0.25, 0.3) is 0 Å². The smallest absolute Gasteiger partial charge is 0.246 e.